The highest BCUT2D eigenvalue weighted by molar-refractivity contribution is 5.85. The fourth-order valence-corrected chi connectivity index (χ4v) is 1.66. The average molecular weight is 219 g/mol. The minimum Gasteiger partial charge on any atom is -0.477 e. The molecule has 0 atom stereocenters. The number of aryl methyl sites for hydroxylation is 3. The molecule has 16 heavy (non-hydrogen) atoms. The maximum absolute atomic E-state index is 10.9. The predicted octanol–water partition coefficient (Wildman–Crippen LogP) is 1.39. The van der Waals surface area contributed by atoms with Gasteiger partial charge in [0.25, 0.3) is 0 Å². The fourth-order valence-electron chi connectivity index (χ4n) is 1.66. The molecule has 0 bridgehead atoms. The van der Waals surface area contributed by atoms with Gasteiger partial charge in [-0.3, -0.25) is 0 Å². The molecular formula is C11H13N3O2. The zero-order chi connectivity index (χ0) is 11.5. The number of aromatic carboxylic acids is 1. The van der Waals surface area contributed by atoms with Crippen LogP contribution >= 0.6 is 0 Å². The first-order valence-electron chi connectivity index (χ1n) is 5.04. The van der Waals surface area contributed by atoms with E-state index in [9.17, 15) is 4.79 Å². The van der Waals surface area contributed by atoms with Crippen LogP contribution in [0.4, 0.5) is 0 Å². The highest BCUT2D eigenvalue weighted by Gasteiger charge is 2.08. The number of aromatic nitrogens is 3. The second-order valence-electron chi connectivity index (χ2n) is 3.56. The van der Waals surface area contributed by atoms with E-state index in [1.807, 2.05) is 17.7 Å². The van der Waals surface area contributed by atoms with E-state index in [-0.39, 0.29) is 0 Å². The highest BCUT2D eigenvalue weighted by Crippen LogP contribution is 2.04. The van der Waals surface area contributed by atoms with Crippen molar-refractivity contribution in [2.45, 2.75) is 20.0 Å². The van der Waals surface area contributed by atoms with Gasteiger partial charge >= 0.3 is 5.97 Å². The molecule has 0 aliphatic rings. The van der Waals surface area contributed by atoms with Crippen molar-refractivity contribution < 1.29 is 9.90 Å². The molecule has 2 rings (SSSR count). The molecule has 0 spiro atoms. The summed E-state index contributed by atoms with van der Waals surface area (Å²) in [5.74, 6) is 0.0383. The first-order chi connectivity index (χ1) is 7.68. The average Bonchev–Trinajstić information content (AvgIpc) is 2.83. The van der Waals surface area contributed by atoms with Crippen molar-refractivity contribution in [1.82, 2.24) is 14.1 Å². The van der Waals surface area contributed by atoms with Gasteiger partial charge in [-0.2, -0.15) is 0 Å². The Morgan fingerprint density at radius 1 is 1.38 bits per heavy atom. The number of hydrogen-bond acceptors (Lipinski definition) is 2. The fraction of sp³-hybridized carbons (Fsp3) is 0.273. The monoisotopic (exact) mass is 219 g/mol. The first-order valence-corrected chi connectivity index (χ1v) is 5.04. The number of carboxylic acid groups (broad SMARTS) is 1. The Kier molecular flexibility index (Phi) is 2.76. The van der Waals surface area contributed by atoms with Crippen molar-refractivity contribution in [3.63, 3.8) is 0 Å². The van der Waals surface area contributed by atoms with Crippen LogP contribution in [0.15, 0.2) is 30.7 Å². The minimum absolute atomic E-state index is 0.317. The molecular weight excluding hydrogens is 206 g/mol. The van der Waals surface area contributed by atoms with E-state index in [1.54, 1.807) is 29.1 Å². The van der Waals surface area contributed by atoms with Gasteiger partial charge in [0.05, 0.1) is 0 Å². The zero-order valence-electron chi connectivity index (χ0n) is 9.00. The van der Waals surface area contributed by atoms with Crippen molar-refractivity contribution >= 4 is 5.97 Å². The van der Waals surface area contributed by atoms with Crippen molar-refractivity contribution in [2.75, 3.05) is 0 Å². The normalized spacial score (nSPS) is 10.6. The summed E-state index contributed by atoms with van der Waals surface area (Å²) in [5, 5.41) is 8.93. The molecule has 2 heterocycles. The molecule has 1 N–H and O–H groups in total. The number of carbonyl (C=O) groups is 1. The summed E-state index contributed by atoms with van der Waals surface area (Å²) in [7, 11) is 0. The number of carboxylic acids is 1. The maximum Gasteiger partial charge on any atom is 0.352 e. The van der Waals surface area contributed by atoms with E-state index in [4.69, 9.17) is 5.11 Å². The van der Waals surface area contributed by atoms with Crippen molar-refractivity contribution in [3.05, 3.63) is 42.2 Å². The van der Waals surface area contributed by atoms with Gasteiger partial charge in [-0.1, -0.05) is 0 Å². The van der Waals surface area contributed by atoms with Crippen molar-refractivity contribution in [3.8, 4) is 0 Å². The standard InChI is InChI=1S/C11H13N3O2/c1-9-12-4-6-13(9)7-8-14-5-2-3-10(14)11(15)16/h2-6H,7-8H2,1H3,(H,15,16). The third kappa shape index (κ3) is 1.98. The van der Waals surface area contributed by atoms with Crippen LogP contribution in [0.2, 0.25) is 0 Å². The van der Waals surface area contributed by atoms with E-state index < -0.39 is 5.97 Å². The molecule has 0 amide bonds. The van der Waals surface area contributed by atoms with Crippen LogP contribution in [0.1, 0.15) is 16.3 Å². The van der Waals surface area contributed by atoms with E-state index in [1.165, 1.54) is 0 Å². The third-order valence-corrected chi connectivity index (χ3v) is 2.55. The van der Waals surface area contributed by atoms with Crippen LogP contribution < -0.4 is 0 Å². The summed E-state index contributed by atoms with van der Waals surface area (Å²) in [6.45, 7) is 3.28. The molecule has 84 valence electrons. The Balaban J connectivity index is 2.08. The summed E-state index contributed by atoms with van der Waals surface area (Å²) in [4.78, 5) is 15.0. The molecule has 0 radical (unpaired) electrons. The molecule has 5 nitrogen and oxygen atoms in total. The van der Waals surface area contributed by atoms with Crippen LogP contribution in [0, 0.1) is 6.92 Å². The number of rotatable bonds is 4. The topological polar surface area (TPSA) is 60.0 Å². The first kappa shape index (κ1) is 10.5. The number of hydrogen-bond donors (Lipinski definition) is 1. The van der Waals surface area contributed by atoms with Crippen molar-refractivity contribution in [1.29, 1.82) is 0 Å². The van der Waals surface area contributed by atoms with Gasteiger partial charge in [-0.05, 0) is 19.1 Å². The summed E-state index contributed by atoms with van der Waals surface area (Å²) in [5.41, 5.74) is 0.317. The van der Waals surface area contributed by atoms with Gasteiger partial charge in [0, 0.05) is 31.7 Å². The highest BCUT2D eigenvalue weighted by atomic mass is 16.4. The second-order valence-corrected chi connectivity index (χ2v) is 3.56. The lowest BCUT2D eigenvalue weighted by Crippen LogP contribution is -2.12. The van der Waals surface area contributed by atoms with E-state index in [2.05, 4.69) is 4.98 Å². The Bertz CT molecular complexity index is 499. The summed E-state index contributed by atoms with van der Waals surface area (Å²) in [6.07, 6.45) is 5.40. The molecule has 0 aromatic carbocycles. The predicted molar refractivity (Wildman–Crippen MR) is 58.4 cm³/mol. The number of imidazole rings is 1. The van der Waals surface area contributed by atoms with Gasteiger partial charge in [-0.15, -0.1) is 0 Å². The quantitative estimate of drug-likeness (QED) is 0.845. The number of nitrogens with zero attached hydrogens (tertiary/aromatic N) is 3. The smallest absolute Gasteiger partial charge is 0.352 e. The molecule has 0 unspecified atom stereocenters. The largest absolute Gasteiger partial charge is 0.477 e. The molecule has 0 aliphatic carbocycles. The Hall–Kier alpha value is -2.04. The molecule has 2 aromatic heterocycles. The van der Waals surface area contributed by atoms with Gasteiger partial charge in [0.15, 0.2) is 0 Å². The van der Waals surface area contributed by atoms with Crippen LogP contribution in [0.5, 0.6) is 0 Å². The lowest BCUT2D eigenvalue weighted by Gasteiger charge is -2.08. The van der Waals surface area contributed by atoms with Crippen LogP contribution in [-0.2, 0) is 13.1 Å². The third-order valence-electron chi connectivity index (χ3n) is 2.55. The van der Waals surface area contributed by atoms with Gasteiger partial charge in [0.2, 0.25) is 0 Å². The Morgan fingerprint density at radius 2 is 2.12 bits per heavy atom. The van der Waals surface area contributed by atoms with Crippen LogP contribution in [0.3, 0.4) is 0 Å². The summed E-state index contributed by atoms with van der Waals surface area (Å²) >= 11 is 0. The second kappa shape index (κ2) is 4.22. The molecule has 0 aliphatic heterocycles. The molecule has 0 saturated carbocycles. The van der Waals surface area contributed by atoms with E-state index >= 15 is 0 Å². The van der Waals surface area contributed by atoms with E-state index in [0.717, 1.165) is 12.4 Å². The summed E-state index contributed by atoms with van der Waals surface area (Å²) in [6, 6.07) is 3.34. The van der Waals surface area contributed by atoms with Crippen LogP contribution in [0.25, 0.3) is 0 Å². The maximum atomic E-state index is 10.9. The van der Waals surface area contributed by atoms with Gasteiger partial charge < -0.3 is 14.2 Å². The van der Waals surface area contributed by atoms with Gasteiger partial charge in [0.1, 0.15) is 11.5 Å². The van der Waals surface area contributed by atoms with Crippen LogP contribution in [-0.4, -0.2) is 25.2 Å². The minimum atomic E-state index is -0.896. The van der Waals surface area contributed by atoms with Gasteiger partial charge in [-0.25, -0.2) is 9.78 Å². The lowest BCUT2D eigenvalue weighted by molar-refractivity contribution is 0.0685. The SMILES string of the molecule is Cc1nccn1CCn1cccc1C(=O)O. The molecule has 5 heteroatoms. The van der Waals surface area contributed by atoms with Crippen molar-refractivity contribution in [2.24, 2.45) is 0 Å². The molecule has 0 fully saturated rings. The lowest BCUT2D eigenvalue weighted by atomic mass is 10.4. The molecule has 0 saturated heterocycles. The summed E-state index contributed by atoms with van der Waals surface area (Å²) < 4.78 is 3.72. The zero-order valence-corrected chi connectivity index (χ0v) is 9.00. The van der Waals surface area contributed by atoms with E-state index in [0.29, 0.717) is 12.2 Å². The Morgan fingerprint density at radius 3 is 2.75 bits per heavy atom. The molecule has 2 aromatic rings. The Labute approximate surface area is 93.0 Å².